The molecule has 2 aromatic carbocycles. The number of nitrogens with one attached hydrogen (secondary N) is 1. The van der Waals surface area contributed by atoms with Gasteiger partial charge in [-0.15, -0.1) is 0 Å². The van der Waals surface area contributed by atoms with Gasteiger partial charge in [-0.2, -0.15) is 0 Å². The zero-order valence-electron chi connectivity index (χ0n) is 13.6. The molecule has 7 nitrogen and oxygen atoms in total. The molecule has 2 aromatic rings. The standard InChI is InChI=1S/C18H15ClN2O5/c19-14-10-16-17(26-9-1-8-25-16)11-15(14)20-18(22)7-4-12-2-5-13(6-3-12)21(23)24/h2-7,10-11H,1,8-9H2,(H,20,22). The molecular formula is C18H15ClN2O5. The monoisotopic (exact) mass is 374 g/mol. The Morgan fingerprint density at radius 3 is 2.46 bits per heavy atom. The summed E-state index contributed by atoms with van der Waals surface area (Å²) in [6.07, 6.45) is 3.64. The molecule has 0 unspecified atom stereocenters. The summed E-state index contributed by atoms with van der Waals surface area (Å²) in [6, 6.07) is 9.10. The highest BCUT2D eigenvalue weighted by atomic mass is 35.5. The van der Waals surface area contributed by atoms with E-state index in [9.17, 15) is 14.9 Å². The first-order valence-electron chi connectivity index (χ1n) is 7.85. The van der Waals surface area contributed by atoms with Crippen LogP contribution in [0.15, 0.2) is 42.5 Å². The van der Waals surface area contributed by atoms with Gasteiger partial charge in [-0.05, 0) is 23.8 Å². The number of halogens is 1. The van der Waals surface area contributed by atoms with Crippen LogP contribution in [0, 0.1) is 10.1 Å². The molecular weight excluding hydrogens is 360 g/mol. The maximum absolute atomic E-state index is 12.1. The molecule has 0 radical (unpaired) electrons. The molecule has 134 valence electrons. The molecule has 1 heterocycles. The number of fused-ring (bicyclic) bond motifs is 1. The van der Waals surface area contributed by atoms with Crippen molar-refractivity contribution in [2.24, 2.45) is 0 Å². The summed E-state index contributed by atoms with van der Waals surface area (Å²) < 4.78 is 11.1. The number of rotatable bonds is 4. The Morgan fingerprint density at radius 2 is 1.81 bits per heavy atom. The number of ether oxygens (including phenoxy) is 2. The second kappa shape index (κ2) is 7.88. The summed E-state index contributed by atoms with van der Waals surface area (Å²) in [5.41, 5.74) is 1.07. The molecule has 1 amide bonds. The topological polar surface area (TPSA) is 90.7 Å². The summed E-state index contributed by atoms with van der Waals surface area (Å²) >= 11 is 6.18. The number of carbonyl (C=O) groups excluding carboxylic acids is 1. The average Bonchev–Trinajstić information content (AvgIpc) is 2.85. The van der Waals surface area contributed by atoms with Crippen LogP contribution in [0.2, 0.25) is 5.02 Å². The van der Waals surface area contributed by atoms with Gasteiger partial charge in [0.05, 0.1) is 28.8 Å². The molecule has 0 spiro atoms. The number of nitro benzene ring substituents is 1. The predicted octanol–water partition coefficient (Wildman–Crippen LogP) is 4.06. The highest BCUT2D eigenvalue weighted by Gasteiger charge is 2.15. The first-order chi connectivity index (χ1) is 12.5. The van der Waals surface area contributed by atoms with Crippen molar-refractivity contribution in [2.45, 2.75) is 6.42 Å². The van der Waals surface area contributed by atoms with E-state index < -0.39 is 4.92 Å². The van der Waals surface area contributed by atoms with Gasteiger partial charge in [0.25, 0.3) is 5.69 Å². The van der Waals surface area contributed by atoms with E-state index >= 15 is 0 Å². The van der Waals surface area contributed by atoms with Crippen molar-refractivity contribution < 1.29 is 19.2 Å². The number of non-ortho nitro benzene ring substituents is 1. The number of carbonyl (C=O) groups is 1. The van der Waals surface area contributed by atoms with Crippen LogP contribution in [-0.2, 0) is 4.79 Å². The van der Waals surface area contributed by atoms with Gasteiger partial charge in [-0.1, -0.05) is 11.6 Å². The van der Waals surface area contributed by atoms with Crippen LogP contribution >= 0.6 is 11.6 Å². The third-order valence-electron chi connectivity index (χ3n) is 3.63. The second-order valence-electron chi connectivity index (χ2n) is 5.50. The summed E-state index contributed by atoms with van der Waals surface area (Å²) in [6.45, 7) is 1.08. The van der Waals surface area contributed by atoms with Crippen LogP contribution in [-0.4, -0.2) is 24.0 Å². The first kappa shape index (κ1) is 17.8. The zero-order valence-corrected chi connectivity index (χ0v) is 14.4. The maximum atomic E-state index is 12.1. The number of benzene rings is 2. The molecule has 1 N–H and O–H groups in total. The molecule has 3 rings (SSSR count). The van der Waals surface area contributed by atoms with E-state index in [0.717, 1.165) is 6.42 Å². The van der Waals surface area contributed by atoms with Gasteiger partial charge in [-0.25, -0.2) is 0 Å². The number of hydrogen-bond donors (Lipinski definition) is 1. The Balaban J connectivity index is 1.69. The Kier molecular flexibility index (Phi) is 5.38. The molecule has 1 aliphatic rings. The van der Waals surface area contributed by atoms with Crippen molar-refractivity contribution in [3.63, 3.8) is 0 Å². The number of nitro groups is 1. The molecule has 0 saturated heterocycles. The van der Waals surface area contributed by atoms with E-state index in [1.807, 2.05) is 0 Å². The Labute approximate surface area is 154 Å². The second-order valence-corrected chi connectivity index (χ2v) is 5.91. The van der Waals surface area contributed by atoms with Crippen molar-refractivity contribution in [1.29, 1.82) is 0 Å². The van der Waals surface area contributed by atoms with Crippen LogP contribution < -0.4 is 14.8 Å². The lowest BCUT2D eigenvalue weighted by Crippen LogP contribution is -2.08. The van der Waals surface area contributed by atoms with Gasteiger partial charge in [0.15, 0.2) is 11.5 Å². The van der Waals surface area contributed by atoms with E-state index in [4.69, 9.17) is 21.1 Å². The normalized spacial score (nSPS) is 13.3. The SMILES string of the molecule is O=C(C=Cc1ccc([N+](=O)[O-])cc1)Nc1cc2c(cc1Cl)OCCCO2. The fourth-order valence-electron chi connectivity index (χ4n) is 2.33. The quantitative estimate of drug-likeness (QED) is 0.495. The molecule has 8 heteroatoms. The molecule has 0 fully saturated rings. The van der Waals surface area contributed by atoms with Crippen LogP contribution in [0.3, 0.4) is 0 Å². The third kappa shape index (κ3) is 4.31. The van der Waals surface area contributed by atoms with Crippen molar-refractivity contribution in [3.8, 4) is 11.5 Å². The average molecular weight is 375 g/mol. The van der Waals surface area contributed by atoms with Gasteiger partial charge < -0.3 is 14.8 Å². The van der Waals surface area contributed by atoms with Crippen LogP contribution in [0.5, 0.6) is 11.5 Å². The molecule has 26 heavy (non-hydrogen) atoms. The predicted molar refractivity (Wildman–Crippen MR) is 97.8 cm³/mol. The Hall–Kier alpha value is -3.06. The minimum absolute atomic E-state index is 0.00872. The van der Waals surface area contributed by atoms with E-state index in [2.05, 4.69) is 5.32 Å². The van der Waals surface area contributed by atoms with Gasteiger partial charge >= 0.3 is 0 Å². The summed E-state index contributed by atoms with van der Waals surface area (Å²) in [5.74, 6) is 0.688. The molecule has 0 atom stereocenters. The Bertz CT molecular complexity index is 865. The van der Waals surface area contributed by atoms with E-state index in [0.29, 0.717) is 41.0 Å². The smallest absolute Gasteiger partial charge is 0.269 e. The third-order valence-corrected chi connectivity index (χ3v) is 3.94. The van der Waals surface area contributed by atoms with Crippen LogP contribution in [0.4, 0.5) is 11.4 Å². The number of anilines is 1. The zero-order chi connectivity index (χ0) is 18.5. The van der Waals surface area contributed by atoms with Crippen LogP contribution in [0.1, 0.15) is 12.0 Å². The number of amides is 1. The summed E-state index contributed by atoms with van der Waals surface area (Å²) in [5, 5.41) is 13.6. The van der Waals surface area contributed by atoms with Gasteiger partial charge in [0.2, 0.25) is 5.91 Å². The molecule has 0 aromatic heterocycles. The maximum Gasteiger partial charge on any atom is 0.269 e. The minimum Gasteiger partial charge on any atom is -0.490 e. The fourth-order valence-corrected chi connectivity index (χ4v) is 2.53. The fraction of sp³-hybridized carbons (Fsp3) is 0.167. The largest absolute Gasteiger partial charge is 0.490 e. The lowest BCUT2D eigenvalue weighted by Gasteiger charge is -2.11. The van der Waals surface area contributed by atoms with E-state index in [1.165, 1.54) is 18.2 Å². The van der Waals surface area contributed by atoms with Gasteiger partial charge in [-0.3, -0.25) is 14.9 Å². The van der Waals surface area contributed by atoms with Gasteiger partial charge in [0.1, 0.15) is 0 Å². The van der Waals surface area contributed by atoms with Crippen molar-refractivity contribution in [2.75, 3.05) is 18.5 Å². The molecule has 0 bridgehead atoms. The highest BCUT2D eigenvalue weighted by molar-refractivity contribution is 6.34. The van der Waals surface area contributed by atoms with Gasteiger partial charge in [0, 0.05) is 36.8 Å². The Morgan fingerprint density at radius 1 is 1.15 bits per heavy atom. The summed E-state index contributed by atoms with van der Waals surface area (Å²) in [4.78, 5) is 22.3. The van der Waals surface area contributed by atoms with Crippen LogP contribution in [0.25, 0.3) is 6.08 Å². The van der Waals surface area contributed by atoms with Crippen molar-refractivity contribution in [1.82, 2.24) is 0 Å². The van der Waals surface area contributed by atoms with E-state index in [-0.39, 0.29) is 11.6 Å². The molecule has 0 saturated carbocycles. The highest BCUT2D eigenvalue weighted by Crippen LogP contribution is 2.37. The number of nitrogens with zero attached hydrogens (tertiary/aromatic N) is 1. The minimum atomic E-state index is -0.480. The van der Waals surface area contributed by atoms with E-state index in [1.54, 1.807) is 30.3 Å². The lowest BCUT2D eigenvalue weighted by molar-refractivity contribution is -0.384. The lowest BCUT2D eigenvalue weighted by atomic mass is 10.2. The first-order valence-corrected chi connectivity index (χ1v) is 8.23. The summed E-state index contributed by atoms with van der Waals surface area (Å²) in [7, 11) is 0. The van der Waals surface area contributed by atoms with Crippen molar-refractivity contribution in [3.05, 3.63) is 63.2 Å². The molecule has 0 aliphatic carbocycles. The van der Waals surface area contributed by atoms with Crippen molar-refractivity contribution >= 4 is 35.0 Å². The number of hydrogen-bond acceptors (Lipinski definition) is 5. The molecule has 1 aliphatic heterocycles.